The quantitative estimate of drug-likeness (QED) is 0.554. The molecule has 1 amide bonds. The van der Waals surface area contributed by atoms with E-state index in [4.69, 9.17) is 9.79 Å². The van der Waals surface area contributed by atoms with Crippen molar-refractivity contribution in [2.75, 3.05) is 0 Å². The Balaban J connectivity index is 2.90. The van der Waals surface area contributed by atoms with Gasteiger partial charge in [0.2, 0.25) is 0 Å². The molecular formula is C7H6NO6PS. The van der Waals surface area contributed by atoms with E-state index >= 15 is 0 Å². The maximum absolute atomic E-state index is 11.5. The largest absolute Gasteiger partial charge is 0.357 e. The minimum atomic E-state index is -4.74. The molecule has 0 bridgehead atoms. The lowest BCUT2D eigenvalue weighted by molar-refractivity contribution is 0.0985. The second-order valence-corrected chi connectivity index (χ2v) is 6.32. The van der Waals surface area contributed by atoms with E-state index in [2.05, 4.69) is 0 Å². The van der Waals surface area contributed by atoms with Crippen LogP contribution in [0.1, 0.15) is 10.4 Å². The molecule has 16 heavy (non-hydrogen) atoms. The molecule has 0 aliphatic carbocycles. The van der Waals surface area contributed by atoms with Gasteiger partial charge in [0, 0.05) is 0 Å². The average molecular weight is 263 g/mol. The van der Waals surface area contributed by atoms with Crippen LogP contribution in [0.4, 0.5) is 0 Å². The molecule has 1 aliphatic heterocycles. The molecule has 0 spiro atoms. The van der Waals surface area contributed by atoms with Crippen LogP contribution < -0.4 is 10.0 Å². The second kappa shape index (κ2) is 3.14. The van der Waals surface area contributed by atoms with Crippen LogP contribution in [0.25, 0.3) is 0 Å². The predicted octanol–water partition coefficient (Wildman–Crippen LogP) is -1.08. The fourth-order valence-electron chi connectivity index (χ4n) is 1.44. The van der Waals surface area contributed by atoms with E-state index in [9.17, 15) is 17.8 Å². The monoisotopic (exact) mass is 263 g/mol. The maximum Gasteiger partial charge on any atom is 0.357 e. The molecule has 1 aromatic carbocycles. The number of carbonyl (C=O) groups is 1. The van der Waals surface area contributed by atoms with Crippen LogP contribution in [-0.4, -0.2) is 24.1 Å². The highest BCUT2D eigenvalue weighted by atomic mass is 32.2. The van der Waals surface area contributed by atoms with Crippen molar-refractivity contribution >= 4 is 28.8 Å². The van der Waals surface area contributed by atoms with E-state index in [0.717, 1.165) is 6.07 Å². The number of fused-ring (bicyclic) bond motifs is 1. The minimum Gasteiger partial charge on any atom is -0.321 e. The summed E-state index contributed by atoms with van der Waals surface area (Å²) < 4.78 is 35.7. The topological polar surface area (TPSA) is 121 Å². The molecule has 0 saturated heterocycles. The van der Waals surface area contributed by atoms with Gasteiger partial charge in [-0.1, -0.05) is 6.07 Å². The zero-order valence-corrected chi connectivity index (χ0v) is 9.33. The Labute approximate surface area is 90.3 Å². The Morgan fingerprint density at radius 1 is 1.25 bits per heavy atom. The van der Waals surface area contributed by atoms with Gasteiger partial charge in [-0.2, -0.15) is 0 Å². The first kappa shape index (κ1) is 11.3. The van der Waals surface area contributed by atoms with Gasteiger partial charge >= 0.3 is 7.60 Å². The van der Waals surface area contributed by atoms with Gasteiger partial charge in [-0.3, -0.25) is 9.36 Å². The van der Waals surface area contributed by atoms with E-state index < -0.39 is 33.7 Å². The SMILES string of the molecule is O=C1NS(=O)(=O)c2c1cccc2P(=O)(O)O. The zero-order chi connectivity index (χ0) is 12.1. The fourth-order valence-corrected chi connectivity index (χ4v) is 4.08. The molecule has 0 fully saturated rings. The predicted molar refractivity (Wildman–Crippen MR) is 52.8 cm³/mol. The molecule has 0 atom stereocenters. The first-order valence-electron chi connectivity index (χ1n) is 4.00. The van der Waals surface area contributed by atoms with Gasteiger partial charge in [0.15, 0.2) is 0 Å². The van der Waals surface area contributed by atoms with Crippen LogP contribution in [0.2, 0.25) is 0 Å². The number of hydrogen-bond acceptors (Lipinski definition) is 4. The molecule has 3 N–H and O–H groups in total. The molecule has 0 saturated carbocycles. The van der Waals surface area contributed by atoms with Crippen molar-refractivity contribution in [2.45, 2.75) is 4.90 Å². The first-order valence-corrected chi connectivity index (χ1v) is 7.09. The molecule has 0 radical (unpaired) electrons. The summed E-state index contributed by atoms with van der Waals surface area (Å²) in [5.41, 5.74) is -0.249. The lowest BCUT2D eigenvalue weighted by Gasteiger charge is -2.07. The summed E-state index contributed by atoms with van der Waals surface area (Å²) in [5, 5.41) is -0.664. The Morgan fingerprint density at radius 2 is 1.88 bits per heavy atom. The molecule has 0 aromatic heterocycles. The summed E-state index contributed by atoms with van der Waals surface area (Å²) in [7, 11) is -8.90. The van der Waals surface area contributed by atoms with E-state index in [1.165, 1.54) is 12.1 Å². The van der Waals surface area contributed by atoms with E-state index in [1.54, 1.807) is 4.72 Å². The third-order valence-corrected chi connectivity index (χ3v) is 4.63. The Kier molecular flexibility index (Phi) is 2.22. The highest BCUT2D eigenvalue weighted by Crippen LogP contribution is 2.38. The van der Waals surface area contributed by atoms with Gasteiger partial charge in [-0.15, -0.1) is 0 Å². The van der Waals surface area contributed by atoms with Gasteiger partial charge in [0.1, 0.15) is 4.90 Å². The van der Waals surface area contributed by atoms with E-state index in [1.807, 2.05) is 0 Å². The molecule has 86 valence electrons. The molecule has 1 aliphatic rings. The highest BCUT2D eigenvalue weighted by Gasteiger charge is 2.39. The summed E-state index contributed by atoms with van der Waals surface area (Å²) in [6, 6.07) is 3.39. The second-order valence-electron chi connectivity index (χ2n) is 3.13. The number of hydrogen-bond donors (Lipinski definition) is 3. The molecule has 9 heteroatoms. The number of nitrogens with one attached hydrogen (secondary N) is 1. The van der Waals surface area contributed by atoms with Gasteiger partial charge in [0.25, 0.3) is 15.9 Å². The van der Waals surface area contributed by atoms with Crippen LogP contribution in [0, 0.1) is 0 Å². The zero-order valence-electron chi connectivity index (χ0n) is 7.61. The van der Waals surface area contributed by atoms with Crippen LogP contribution in [0.15, 0.2) is 23.1 Å². The van der Waals surface area contributed by atoms with Crippen molar-refractivity contribution in [3.05, 3.63) is 23.8 Å². The van der Waals surface area contributed by atoms with Crippen molar-refractivity contribution in [3.8, 4) is 0 Å². The number of sulfonamides is 1. The van der Waals surface area contributed by atoms with Crippen molar-refractivity contribution < 1.29 is 27.6 Å². The van der Waals surface area contributed by atoms with E-state index in [-0.39, 0.29) is 5.56 Å². The van der Waals surface area contributed by atoms with Crippen LogP contribution >= 0.6 is 7.60 Å². The fraction of sp³-hybridized carbons (Fsp3) is 0. The summed E-state index contributed by atoms with van der Waals surface area (Å²) in [4.78, 5) is 28.5. The highest BCUT2D eigenvalue weighted by molar-refractivity contribution is 7.91. The average Bonchev–Trinajstić information content (AvgIpc) is 2.36. The number of amides is 1. The van der Waals surface area contributed by atoms with Gasteiger partial charge in [0.05, 0.1) is 10.9 Å². The van der Waals surface area contributed by atoms with Crippen molar-refractivity contribution in [1.82, 2.24) is 4.72 Å². The first-order chi connectivity index (χ1) is 7.23. The molecule has 1 heterocycles. The lowest BCUT2D eigenvalue weighted by atomic mass is 10.2. The van der Waals surface area contributed by atoms with Crippen molar-refractivity contribution in [2.24, 2.45) is 0 Å². The smallest absolute Gasteiger partial charge is 0.321 e. The number of benzene rings is 1. The van der Waals surface area contributed by atoms with Crippen LogP contribution in [0.5, 0.6) is 0 Å². The lowest BCUT2D eigenvalue weighted by Crippen LogP contribution is -2.23. The van der Waals surface area contributed by atoms with Crippen LogP contribution in [0.3, 0.4) is 0 Å². The normalized spacial score (nSPS) is 18.0. The molecular weight excluding hydrogens is 257 g/mol. The third kappa shape index (κ3) is 1.56. The Hall–Kier alpha value is -1.21. The number of carbonyl (C=O) groups excluding carboxylic acids is 1. The van der Waals surface area contributed by atoms with Crippen LogP contribution in [-0.2, 0) is 14.6 Å². The van der Waals surface area contributed by atoms with Crippen molar-refractivity contribution in [3.63, 3.8) is 0 Å². The van der Waals surface area contributed by atoms with Gasteiger partial charge < -0.3 is 9.79 Å². The molecule has 2 rings (SSSR count). The Bertz CT molecular complexity index is 630. The van der Waals surface area contributed by atoms with Gasteiger partial charge in [-0.05, 0) is 12.1 Å². The number of rotatable bonds is 1. The molecule has 1 aromatic rings. The summed E-state index contributed by atoms with van der Waals surface area (Å²) >= 11 is 0. The maximum atomic E-state index is 11.5. The van der Waals surface area contributed by atoms with Gasteiger partial charge in [-0.25, -0.2) is 13.1 Å². The Morgan fingerprint density at radius 3 is 2.44 bits per heavy atom. The molecule has 0 unspecified atom stereocenters. The standard InChI is InChI=1S/C7H6NO6PS/c9-7-4-2-1-3-5(15(10,11)12)6(4)16(13,14)8-7/h1-3H,(H,8,9)(H2,10,11,12). The molecule has 7 nitrogen and oxygen atoms in total. The van der Waals surface area contributed by atoms with E-state index in [0.29, 0.717) is 0 Å². The summed E-state index contributed by atoms with van der Waals surface area (Å²) in [6.45, 7) is 0. The summed E-state index contributed by atoms with van der Waals surface area (Å²) in [5.74, 6) is -0.884. The summed E-state index contributed by atoms with van der Waals surface area (Å²) in [6.07, 6.45) is 0. The van der Waals surface area contributed by atoms with Crippen molar-refractivity contribution in [1.29, 1.82) is 0 Å². The minimum absolute atomic E-state index is 0.249. The third-order valence-electron chi connectivity index (χ3n) is 2.05.